The van der Waals surface area contributed by atoms with Crippen LogP contribution in [0.25, 0.3) is 11.1 Å². The Labute approximate surface area is 135 Å². The van der Waals surface area contributed by atoms with E-state index in [0.717, 1.165) is 0 Å². The summed E-state index contributed by atoms with van der Waals surface area (Å²) in [5, 5.41) is 1.15. The van der Waals surface area contributed by atoms with E-state index in [9.17, 15) is 4.79 Å². The molecule has 7 heteroatoms. The number of carbonyl (C=O) groups excluding carboxylic acids is 1. The Kier molecular flexibility index (Phi) is 4.76. The number of ether oxygens (including phenoxy) is 1. The molecule has 0 bridgehead atoms. The van der Waals surface area contributed by atoms with E-state index in [1.165, 1.54) is 13.3 Å². The van der Waals surface area contributed by atoms with Crippen molar-refractivity contribution in [3.63, 3.8) is 0 Å². The van der Waals surface area contributed by atoms with Crippen LogP contribution in [-0.2, 0) is 4.74 Å². The Morgan fingerprint density at radius 2 is 1.70 bits per heavy atom. The third-order valence-electron chi connectivity index (χ3n) is 2.53. The van der Waals surface area contributed by atoms with Gasteiger partial charge in [-0.2, -0.15) is 0 Å². The van der Waals surface area contributed by atoms with Crippen molar-refractivity contribution in [1.29, 1.82) is 0 Å². The molecule has 0 aliphatic heterocycles. The van der Waals surface area contributed by atoms with Crippen molar-refractivity contribution in [3.8, 4) is 11.1 Å². The molecule has 2 rings (SSSR count). The summed E-state index contributed by atoms with van der Waals surface area (Å²) in [6, 6.07) is 4.74. The van der Waals surface area contributed by atoms with Gasteiger partial charge in [0.2, 0.25) is 0 Å². The maximum atomic E-state index is 11.7. The number of methoxy groups -OCH3 is 1. The molecule has 1 heterocycles. The zero-order valence-corrected chi connectivity index (χ0v) is 13.1. The molecule has 0 spiro atoms. The molecule has 104 valence electrons. The second-order valence-corrected chi connectivity index (χ2v) is 5.42. The van der Waals surface area contributed by atoms with Crippen molar-refractivity contribution in [2.24, 2.45) is 0 Å². The van der Waals surface area contributed by atoms with Crippen molar-refractivity contribution < 1.29 is 9.53 Å². The highest BCUT2D eigenvalue weighted by molar-refractivity contribution is 6.48. The quantitative estimate of drug-likeness (QED) is 0.555. The van der Waals surface area contributed by atoms with Crippen LogP contribution in [0, 0.1) is 0 Å². The van der Waals surface area contributed by atoms with E-state index in [1.54, 1.807) is 18.2 Å². The second-order valence-electron chi connectivity index (χ2n) is 3.80. The van der Waals surface area contributed by atoms with Crippen LogP contribution in [0.1, 0.15) is 10.5 Å². The van der Waals surface area contributed by atoms with Crippen LogP contribution < -0.4 is 0 Å². The highest BCUT2D eigenvalue weighted by atomic mass is 35.5. The van der Waals surface area contributed by atoms with E-state index in [-0.39, 0.29) is 20.8 Å². The molecule has 1 aromatic heterocycles. The van der Waals surface area contributed by atoms with Crippen molar-refractivity contribution in [2.75, 3.05) is 7.11 Å². The van der Waals surface area contributed by atoms with Gasteiger partial charge in [-0.15, -0.1) is 0 Å². The van der Waals surface area contributed by atoms with E-state index in [2.05, 4.69) is 9.72 Å². The first kappa shape index (κ1) is 15.4. The van der Waals surface area contributed by atoms with Crippen LogP contribution in [0.15, 0.2) is 24.4 Å². The molecule has 2 aromatic rings. The second kappa shape index (κ2) is 6.19. The number of pyridine rings is 1. The number of rotatable bonds is 2. The summed E-state index contributed by atoms with van der Waals surface area (Å²) in [4.78, 5) is 15.7. The summed E-state index contributed by atoms with van der Waals surface area (Å²) in [7, 11) is 1.27. The SMILES string of the molecule is COC(=O)c1ncc(Cl)cc1-c1cc(Cl)c(Cl)c(Cl)c1. The number of nitrogens with zero attached hydrogens (tertiary/aromatic N) is 1. The fourth-order valence-corrected chi connectivity index (χ4v) is 2.38. The maximum absolute atomic E-state index is 11.7. The van der Waals surface area contributed by atoms with Gasteiger partial charge in [-0.05, 0) is 23.8 Å². The molecule has 3 nitrogen and oxygen atoms in total. The third-order valence-corrected chi connectivity index (χ3v) is 3.93. The van der Waals surface area contributed by atoms with Gasteiger partial charge < -0.3 is 4.74 Å². The van der Waals surface area contributed by atoms with Crippen LogP contribution in [0.4, 0.5) is 0 Å². The summed E-state index contributed by atoms with van der Waals surface area (Å²) in [5.74, 6) is -0.584. The number of aromatic nitrogens is 1. The summed E-state index contributed by atoms with van der Waals surface area (Å²) in [5.41, 5.74) is 1.15. The molecular formula is C13H7Cl4NO2. The van der Waals surface area contributed by atoms with Gasteiger partial charge in [0, 0.05) is 11.8 Å². The highest BCUT2D eigenvalue weighted by Crippen LogP contribution is 2.36. The third kappa shape index (κ3) is 3.01. The van der Waals surface area contributed by atoms with E-state index >= 15 is 0 Å². The van der Waals surface area contributed by atoms with Crippen molar-refractivity contribution in [1.82, 2.24) is 4.98 Å². The minimum absolute atomic E-state index is 0.117. The number of halogens is 4. The lowest BCUT2D eigenvalue weighted by Gasteiger charge is -2.10. The van der Waals surface area contributed by atoms with Crippen LogP contribution >= 0.6 is 46.4 Å². The minimum Gasteiger partial charge on any atom is -0.464 e. The Morgan fingerprint density at radius 3 is 2.25 bits per heavy atom. The smallest absolute Gasteiger partial charge is 0.357 e. The Bertz CT molecular complexity index is 665. The number of hydrogen-bond donors (Lipinski definition) is 0. The molecule has 0 aliphatic rings. The lowest BCUT2D eigenvalue weighted by atomic mass is 10.0. The zero-order valence-electron chi connectivity index (χ0n) is 10.1. The molecule has 0 N–H and O–H groups in total. The van der Waals surface area contributed by atoms with Gasteiger partial charge in [-0.3, -0.25) is 0 Å². The van der Waals surface area contributed by atoms with Crippen molar-refractivity contribution in [3.05, 3.63) is 50.2 Å². The normalized spacial score (nSPS) is 10.4. The summed E-state index contributed by atoms with van der Waals surface area (Å²) < 4.78 is 4.69. The minimum atomic E-state index is -0.584. The van der Waals surface area contributed by atoms with Gasteiger partial charge in [0.25, 0.3) is 0 Å². The summed E-state index contributed by atoms with van der Waals surface area (Å²) in [6.45, 7) is 0. The lowest BCUT2D eigenvalue weighted by Crippen LogP contribution is -2.06. The Balaban J connectivity index is 2.68. The van der Waals surface area contributed by atoms with E-state index in [4.69, 9.17) is 46.4 Å². The molecule has 0 fully saturated rings. The van der Waals surface area contributed by atoms with Gasteiger partial charge in [0.05, 0.1) is 27.2 Å². The van der Waals surface area contributed by atoms with E-state index in [1.807, 2.05) is 0 Å². The Morgan fingerprint density at radius 1 is 1.10 bits per heavy atom. The number of esters is 1. The van der Waals surface area contributed by atoms with Gasteiger partial charge in [-0.1, -0.05) is 46.4 Å². The predicted molar refractivity (Wildman–Crippen MR) is 81.1 cm³/mol. The first-order valence-electron chi connectivity index (χ1n) is 5.32. The van der Waals surface area contributed by atoms with Gasteiger partial charge >= 0.3 is 5.97 Å². The van der Waals surface area contributed by atoms with E-state index < -0.39 is 5.97 Å². The van der Waals surface area contributed by atoms with Gasteiger partial charge in [-0.25, -0.2) is 9.78 Å². The standard InChI is InChI=1S/C13H7Cl4NO2/c1-20-13(19)12-8(4-7(14)5-18-12)6-2-9(15)11(17)10(16)3-6/h2-5H,1H3. The lowest BCUT2D eigenvalue weighted by molar-refractivity contribution is 0.0595. The average Bonchev–Trinajstić information content (AvgIpc) is 2.43. The zero-order chi connectivity index (χ0) is 14.9. The molecule has 0 amide bonds. The molecular weight excluding hydrogens is 344 g/mol. The molecule has 0 unspecified atom stereocenters. The molecule has 0 atom stereocenters. The molecule has 0 saturated carbocycles. The van der Waals surface area contributed by atoms with Crippen molar-refractivity contribution >= 4 is 52.4 Å². The molecule has 0 saturated heterocycles. The van der Waals surface area contributed by atoms with Crippen molar-refractivity contribution in [2.45, 2.75) is 0 Å². The largest absolute Gasteiger partial charge is 0.464 e. The fourth-order valence-electron chi connectivity index (χ4n) is 1.63. The van der Waals surface area contributed by atoms with Gasteiger partial charge in [0.15, 0.2) is 5.69 Å². The van der Waals surface area contributed by atoms with Crippen LogP contribution in [-0.4, -0.2) is 18.1 Å². The first-order chi connectivity index (χ1) is 9.43. The molecule has 1 aromatic carbocycles. The van der Waals surface area contributed by atoms with E-state index in [0.29, 0.717) is 16.1 Å². The first-order valence-corrected chi connectivity index (χ1v) is 6.84. The van der Waals surface area contributed by atoms with Gasteiger partial charge in [0.1, 0.15) is 0 Å². The number of carbonyl (C=O) groups is 1. The number of benzene rings is 1. The molecule has 0 radical (unpaired) electrons. The maximum Gasteiger partial charge on any atom is 0.357 e. The Hall–Kier alpha value is -1.000. The monoisotopic (exact) mass is 349 g/mol. The highest BCUT2D eigenvalue weighted by Gasteiger charge is 2.17. The van der Waals surface area contributed by atoms with Crippen LogP contribution in [0.5, 0.6) is 0 Å². The topological polar surface area (TPSA) is 39.2 Å². The average molecular weight is 351 g/mol. The summed E-state index contributed by atoms with van der Waals surface area (Å²) >= 11 is 23.8. The predicted octanol–water partition coefficient (Wildman–Crippen LogP) is 5.15. The van der Waals surface area contributed by atoms with Crippen LogP contribution in [0.3, 0.4) is 0 Å². The number of hydrogen-bond acceptors (Lipinski definition) is 3. The molecule has 0 aliphatic carbocycles. The van der Waals surface area contributed by atoms with Crippen LogP contribution in [0.2, 0.25) is 20.1 Å². The molecule has 20 heavy (non-hydrogen) atoms. The fraction of sp³-hybridized carbons (Fsp3) is 0.0769. The summed E-state index contributed by atoms with van der Waals surface area (Å²) in [6.07, 6.45) is 1.36.